The van der Waals surface area contributed by atoms with E-state index in [1.807, 2.05) is 13.8 Å². The highest BCUT2D eigenvalue weighted by Gasteiger charge is 2.46. The van der Waals surface area contributed by atoms with Gasteiger partial charge in [-0.2, -0.15) is 0 Å². The molecule has 0 aromatic carbocycles. The molecule has 0 aromatic rings. The van der Waals surface area contributed by atoms with Crippen molar-refractivity contribution in [2.75, 3.05) is 13.1 Å². The number of sulfone groups is 1. The summed E-state index contributed by atoms with van der Waals surface area (Å²) in [6.45, 7) is 8.56. The van der Waals surface area contributed by atoms with Gasteiger partial charge in [0.2, 0.25) is 0 Å². The van der Waals surface area contributed by atoms with Crippen LogP contribution in [0, 0.1) is 0 Å². The summed E-state index contributed by atoms with van der Waals surface area (Å²) in [4.78, 5) is 0. The minimum atomic E-state index is -3.04. The highest BCUT2D eigenvalue weighted by atomic mass is 35.5. The topological polar surface area (TPSA) is 46.2 Å². The van der Waals surface area contributed by atoms with E-state index in [4.69, 9.17) is 0 Å². The summed E-state index contributed by atoms with van der Waals surface area (Å²) < 4.78 is 23.0. The van der Waals surface area contributed by atoms with Crippen molar-refractivity contribution in [3.63, 3.8) is 0 Å². The van der Waals surface area contributed by atoms with Crippen molar-refractivity contribution in [2.24, 2.45) is 0 Å². The Labute approximate surface area is 93.0 Å². The third kappa shape index (κ3) is 2.07. The number of rotatable bonds is 0. The molecule has 0 unspecified atom stereocenters. The smallest absolute Gasteiger partial charge is 0.161 e. The summed E-state index contributed by atoms with van der Waals surface area (Å²) >= 11 is 0. The molecule has 0 bridgehead atoms. The molecule has 86 valence electrons. The van der Waals surface area contributed by atoms with Crippen molar-refractivity contribution in [1.82, 2.24) is 5.32 Å². The fourth-order valence-electron chi connectivity index (χ4n) is 1.76. The van der Waals surface area contributed by atoms with E-state index in [0.29, 0.717) is 13.0 Å². The van der Waals surface area contributed by atoms with Gasteiger partial charge in [0.25, 0.3) is 0 Å². The Bertz CT molecular complexity index is 272. The fourth-order valence-corrected chi connectivity index (χ4v) is 3.91. The molecule has 1 fully saturated rings. The summed E-state index contributed by atoms with van der Waals surface area (Å²) in [5.74, 6) is 0. The molecule has 0 aromatic heterocycles. The molecule has 5 heteroatoms. The molecule has 1 saturated heterocycles. The van der Waals surface area contributed by atoms with E-state index >= 15 is 0 Å². The van der Waals surface area contributed by atoms with Crippen LogP contribution in [-0.2, 0) is 9.84 Å². The molecule has 1 aliphatic heterocycles. The van der Waals surface area contributed by atoms with Crippen molar-refractivity contribution < 1.29 is 8.42 Å². The summed E-state index contributed by atoms with van der Waals surface area (Å²) in [6.07, 6.45) is 0.693. The standard InChI is InChI=1S/C9H19NO2S.ClH/c1-8(2)5-6-10-7-9(3,4)13(8,11)12;/h10H,5-7H2,1-4H3;1H. The minimum absolute atomic E-state index is 0. The molecule has 0 aliphatic carbocycles. The first-order valence-electron chi connectivity index (χ1n) is 4.66. The Balaban J connectivity index is 0.00000169. The predicted molar refractivity (Wildman–Crippen MR) is 61.8 cm³/mol. The summed E-state index contributed by atoms with van der Waals surface area (Å²) in [7, 11) is -3.04. The van der Waals surface area contributed by atoms with Gasteiger partial charge in [0, 0.05) is 6.54 Å². The maximum Gasteiger partial charge on any atom is 0.161 e. The van der Waals surface area contributed by atoms with Gasteiger partial charge in [0.15, 0.2) is 9.84 Å². The molecular formula is C9H20ClNO2S. The quantitative estimate of drug-likeness (QED) is 0.697. The Morgan fingerprint density at radius 1 is 1.07 bits per heavy atom. The van der Waals surface area contributed by atoms with Crippen LogP contribution in [0.4, 0.5) is 0 Å². The lowest BCUT2D eigenvalue weighted by Gasteiger charge is -2.31. The van der Waals surface area contributed by atoms with Gasteiger partial charge < -0.3 is 5.32 Å². The van der Waals surface area contributed by atoms with E-state index in [1.54, 1.807) is 13.8 Å². The van der Waals surface area contributed by atoms with Gasteiger partial charge >= 0.3 is 0 Å². The summed E-state index contributed by atoms with van der Waals surface area (Å²) in [5.41, 5.74) is 0. The number of hydrogen-bond acceptors (Lipinski definition) is 3. The van der Waals surface area contributed by atoms with E-state index in [9.17, 15) is 8.42 Å². The van der Waals surface area contributed by atoms with Gasteiger partial charge in [-0.1, -0.05) is 0 Å². The van der Waals surface area contributed by atoms with Gasteiger partial charge in [-0.3, -0.25) is 0 Å². The third-order valence-electron chi connectivity index (χ3n) is 2.91. The Morgan fingerprint density at radius 3 is 2.07 bits per heavy atom. The van der Waals surface area contributed by atoms with Crippen LogP contribution in [0.25, 0.3) is 0 Å². The Hall–Kier alpha value is 0.200. The van der Waals surface area contributed by atoms with Crippen LogP contribution in [0.1, 0.15) is 34.1 Å². The molecule has 0 spiro atoms. The minimum Gasteiger partial charge on any atom is -0.315 e. The molecule has 1 N–H and O–H groups in total. The van der Waals surface area contributed by atoms with Crippen LogP contribution in [0.2, 0.25) is 0 Å². The fraction of sp³-hybridized carbons (Fsp3) is 1.00. The largest absolute Gasteiger partial charge is 0.315 e. The average Bonchev–Trinajstić information content (AvgIpc) is 2.01. The Kier molecular flexibility index (Phi) is 4.04. The van der Waals surface area contributed by atoms with Crippen LogP contribution in [-0.4, -0.2) is 31.0 Å². The maximum atomic E-state index is 12.1. The zero-order valence-electron chi connectivity index (χ0n) is 9.25. The number of halogens is 1. The van der Waals surface area contributed by atoms with Gasteiger partial charge in [0.1, 0.15) is 0 Å². The molecule has 0 atom stereocenters. The molecule has 1 rings (SSSR count). The van der Waals surface area contributed by atoms with E-state index in [-0.39, 0.29) is 12.4 Å². The summed E-state index contributed by atoms with van der Waals surface area (Å²) in [5, 5.41) is 3.17. The van der Waals surface area contributed by atoms with E-state index in [0.717, 1.165) is 6.54 Å². The van der Waals surface area contributed by atoms with Crippen LogP contribution >= 0.6 is 12.4 Å². The lowest BCUT2D eigenvalue weighted by Crippen LogP contribution is -2.47. The van der Waals surface area contributed by atoms with Crippen molar-refractivity contribution in [2.45, 2.75) is 43.6 Å². The monoisotopic (exact) mass is 241 g/mol. The average molecular weight is 242 g/mol. The predicted octanol–water partition coefficient (Wildman–Crippen LogP) is 1.37. The van der Waals surface area contributed by atoms with Crippen molar-refractivity contribution in [3.8, 4) is 0 Å². The van der Waals surface area contributed by atoms with Crippen LogP contribution in [0.5, 0.6) is 0 Å². The molecule has 0 saturated carbocycles. The normalized spacial score (nSPS) is 28.6. The second kappa shape index (κ2) is 3.99. The van der Waals surface area contributed by atoms with Gasteiger partial charge in [-0.25, -0.2) is 8.42 Å². The van der Waals surface area contributed by atoms with E-state index in [2.05, 4.69) is 5.32 Å². The van der Waals surface area contributed by atoms with Crippen molar-refractivity contribution in [3.05, 3.63) is 0 Å². The highest BCUT2D eigenvalue weighted by Crippen LogP contribution is 2.32. The Morgan fingerprint density at radius 2 is 1.57 bits per heavy atom. The first-order valence-corrected chi connectivity index (χ1v) is 6.14. The van der Waals surface area contributed by atoms with Crippen LogP contribution < -0.4 is 5.32 Å². The van der Waals surface area contributed by atoms with Crippen LogP contribution in [0.3, 0.4) is 0 Å². The second-order valence-electron chi connectivity index (χ2n) is 4.95. The van der Waals surface area contributed by atoms with Crippen molar-refractivity contribution in [1.29, 1.82) is 0 Å². The maximum absolute atomic E-state index is 12.1. The molecule has 3 nitrogen and oxygen atoms in total. The van der Waals surface area contributed by atoms with Gasteiger partial charge in [-0.05, 0) is 40.7 Å². The zero-order valence-corrected chi connectivity index (χ0v) is 10.9. The van der Waals surface area contributed by atoms with Gasteiger partial charge in [-0.15, -0.1) is 12.4 Å². The molecule has 0 radical (unpaired) electrons. The molecule has 1 heterocycles. The number of nitrogens with one attached hydrogen (secondary N) is 1. The lowest BCUT2D eigenvalue weighted by molar-refractivity contribution is 0.513. The second-order valence-corrected chi connectivity index (χ2v) is 8.17. The SMILES string of the molecule is CC1(C)CCNCC(C)(C)S1(=O)=O.Cl. The molecule has 1 aliphatic rings. The zero-order chi connectivity index (χ0) is 10.3. The summed E-state index contributed by atoms with van der Waals surface area (Å²) in [6, 6.07) is 0. The van der Waals surface area contributed by atoms with Gasteiger partial charge in [0.05, 0.1) is 9.49 Å². The molecule has 0 amide bonds. The third-order valence-corrected chi connectivity index (χ3v) is 6.17. The highest BCUT2D eigenvalue weighted by molar-refractivity contribution is 7.94. The number of hydrogen-bond donors (Lipinski definition) is 1. The van der Waals surface area contributed by atoms with E-state index in [1.165, 1.54) is 0 Å². The molecule has 14 heavy (non-hydrogen) atoms. The lowest BCUT2D eigenvalue weighted by atomic mass is 10.1. The van der Waals surface area contributed by atoms with Crippen LogP contribution in [0.15, 0.2) is 0 Å². The first-order chi connectivity index (χ1) is 5.71. The van der Waals surface area contributed by atoms with Crippen molar-refractivity contribution >= 4 is 22.2 Å². The molecular weight excluding hydrogens is 222 g/mol. The van der Waals surface area contributed by atoms with E-state index < -0.39 is 19.3 Å². The first kappa shape index (κ1) is 14.2.